The van der Waals surface area contributed by atoms with E-state index in [1.54, 1.807) is 30.5 Å². The van der Waals surface area contributed by atoms with E-state index in [1.165, 1.54) is 11.7 Å². The van der Waals surface area contributed by atoms with Gasteiger partial charge in [0.1, 0.15) is 0 Å². The lowest BCUT2D eigenvalue weighted by Gasteiger charge is -2.12. The summed E-state index contributed by atoms with van der Waals surface area (Å²) in [6.07, 6.45) is 9.08. The molecule has 6 heteroatoms. The minimum absolute atomic E-state index is 0.198. The van der Waals surface area contributed by atoms with Crippen molar-refractivity contribution in [2.75, 3.05) is 0 Å². The number of hydrazone groups is 1. The number of carbonyl (C=O) groups is 1. The lowest BCUT2D eigenvalue weighted by Crippen LogP contribution is -2.27. The second-order valence-corrected chi connectivity index (χ2v) is 5.59. The number of benzene rings is 1. The Hall–Kier alpha value is -2.76. The minimum atomic E-state index is -0.417. The van der Waals surface area contributed by atoms with Crippen molar-refractivity contribution in [2.45, 2.75) is 19.3 Å². The van der Waals surface area contributed by atoms with Crippen LogP contribution in [0.1, 0.15) is 29.8 Å². The molecule has 0 fully saturated rings. The van der Waals surface area contributed by atoms with E-state index in [9.17, 15) is 9.59 Å². The number of carbonyl (C=O) groups excluding carboxylic acids is 1. The molecule has 0 radical (unpaired) electrons. The summed E-state index contributed by atoms with van der Waals surface area (Å²) in [5, 5.41) is 9.12. The second kappa shape index (κ2) is 6.56. The number of hydrogen-bond donors (Lipinski definition) is 1. The number of nitrogens with zero attached hydrogens (tertiary/aromatic N) is 3. The van der Waals surface area contributed by atoms with E-state index in [2.05, 4.69) is 27.8 Å². The highest BCUT2D eigenvalue weighted by Gasteiger charge is 2.15. The van der Waals surface area contributed by atoms with E-state index in [0.717, 1.165) is 19.3 Å². The first-order valence-corrected chi connectivity index (χ1v) is 7.61. The van der Waals surface area contributed by atoms with Crippen molar-refractivity contribution in [1.82, 2.24) is 15.2 Å². The maximum absolute atomic E-state index is 12.3. The Kier molecular flexibility index (Phi) is 4.32. The van der Waals surface area contributed by atoms with E-state index in [0.29, 0.717) is 16.7 Å². The zero-order valence-electron chi connectivity index (χ0n) is 12.9. The van der Waals surface area contributed by atoms with Crippen molar-refractivity contribution < 1.29 is 4.79 Å². The standard InChI is InChI=1S/C17H18N4O2/c1-21-17(23)14-10-6-5-9-13(14)15(20-21)16(22)19-18-11-12-7-3-2-4-8-12/h2-3,5-6,9-12H,4,7-8H2,1H3,(H,19,22)/b18-11-/t12-/m1/s1. The van der Waals surface area contributed by atoms with Crippen LogP contribution in [-0.4, -0.2) is 21.9 Å². The molecule has 1 aromatic heterocycles. The topological polar surface area (TPSA) is 76.3 Å². The molecule has 3 rings (SSSR count). The van der Waals surface area contributed by atoms with Crippen LogP contribution in [0.15, 0.2) is 46.3 Å². The number of aromatic nitrogens is 2. The van der Waals surface area contributed by atoms with Crippen LogP contribution in [0.25, 0.3) is 10.8 Å². The van der Waals surface area contributed by atoms with E-state index in [4.69, 9.17) is 0 Å². The van der Waals surface area contributed by atoms with Crippen LogP contribution in [0.3, 0.4) is 0 Å². The van der Waals surface area contributed by atoms with Crippen LogP contribution < -0.4 is 11.0 Å². The van der Waals surface area contributed by atoms with Crippen molar-refractivity contribution >= 4 is 22.9 Å². The molecule has 1 atom stereocenters. The van der Waals surface area contributed by atoms with Crippen LogP contribution >= 0.6 is 0 Å². The van der Waals surface area contributed by atoms with Crippen molar-refractivity contribution in [1.29, 1.82) is 0 Å². The zero-order valence-corrected chi connectivity index (χ0v) is 12.9. The molecule has 1 heterocycles. The molecule has 1 aromatic carbocycles. The number of allylic oxidation sites excluding steroid dienone is 2. The summed E-state index contributed by atoms with van der Waals surface area (Å²) in [5.41, 5.74) is 2.48. The third kappa shape index (κ3) is 3.21. The summed E-state index contributed by atoms with van der Waals surface area (Å²) in [6, 6.07) is 6.94. The first-order chi connectivity index (χ1) is 11.2. The van der Waals surface area contributed by atoms with E-state index >= 15 is 0 Å². The number of aryl methyl sites for hydroxylation is 1. The van der Waals surface area contributed by atoms with Gasteiger partial charge in [-0.2, -0.15) is 10.2 Å². The smallest absolute Gasteiger partial charge is 0.267 e. The summed E-state index contributed by atoms with van der Waals surface area (Å²) in [7, 11) is 1.53. The number of rotatable bonds is 3. The first kappa shape index (κ1) is 15.1. The lowest BCUT2D eigenvalue weighted by molar-refractivity contribution is 0.0949. The molecule has 6 nitrogen and oxygen atoms in total. The molecule has 0 bridgehead atoms. The van der Waals surface area contributed by atoms with Crippen LogP contribution in [0.2, 0.25) is 0 Å². The number of nitrogens with one attached hydrogen (secondary N) is 1. The predicted octanol–water partition coefficient (Wildman–Crippen LogP) is 2.01. The average Bonchev–Trinajstić information content (AvgIpc) is 2.59. The van der Waals surface area contributed by atoms with Gasteiger partial charge in [-0.1, -0.05) is 30.4 Å². The molecular formula is C17H18N4O2. The molecular weight excluding hydrogens is 292 g/mol. The summed E-state index contributed by atoms with van der Waals surface area (Å²) in [6.45, 7) is 0. The van der Waals surface area contributed by atoms with Gasteiger partial charge in [-0.25, -0.2) is 10.1 Å². The Balaban J connectivity index is 1.84. The number of hydrogen-bond acceptors (Lipinski definition) is 4. The molecule has 1 N–H and O–H groups in total. The number of fused-ring (bicyclic) bond motifs is 1. The molecule has 0 unspecified atom stereocenters. The third-order valence-electron chi connectivity index (χ3n) is 3.93. The quantitative estimate of drug-likeness (QED) is 0.535. The highest BCUT2D eigenvalue weighted by Crippen LogP contribution is 2.16. The minimum Gasteiger partial charge on any atom is -0.267 e. The maximum Gasteiger partial charge on any atom is 0.292 e. The van der Waals surface area contributed by atoms with Gasteiger partial charge in [0, 0.05) is 18.6 Å². The van der Waals surface area contributed by atoms with E-state index in [-0.39, 0.29) is 11.3 Å². The largest absolute Gasteiger partial charge is 0.292 e. The van der Waals surface area contributed by atoms with Crippen molar-refractivity contribution in [3.8, 4) is 0 Å². The molecule has 0 saturated carbocycles. The molecule has 2 aromatic rings. The molecule has 1 aliphatic rings. The fourth-order valence-electron chi connectivity index (χ4n) is 2.67. The van der Waals surface area contributed by atoms with Crippen LogP contribution in [0, 0.1) is 5.92 Å². The SMILES string of the molecule is Cn1nc(C(=O)N/N=C\[C@@H]2CC=CCC2)c2ccccc2c1=O. The monoisotopic (exact) mass is 310 g/mol. The van der Waals surface area contributed by atoms with Crippen LogP contribution in [0.5, 0.6) is 0 Å². The van der Waals surface area contributed by atoms with Gasteiger partial charge in [0.15, 0.2) is 5.69 Å². The summed E-state index contributed by atoms with van der Waals surface area (Å²) >= 11 is 0. The van der Waals surface area contributed by atoms with Gasteiger partial charge in [-0.15, -0.1) is 0 Å². The molecule has 0 aliphatic heterocycles. The Labute approximate surface area is 133 Å². The maximum atomic E-state index is 12.3. The Bertz CT molecular complexity index is 851. The Morgan fingerprint density at radius 2 is 2.13 bits per heavy atom. The van der Waals surface area contributed by atoms with Crippen molar-refractivity contribution in [3.63, 3.8) is 0 Å². The van der Waals surface area contributed by atoms with E-state index in [1.807, 2.05) is 0 Å². The lowest BCUT2D eigenvalue weighted by atomic mass is 9.96. The Morgan fingerprint density at radius 1 is 1.35 bits per heavy atom. The summed E-state index contributed by atoms with van der Waals surface area (Å²) in [4.78, 5) is 24.4. The molecule has 0 saturated heterocycles. The van der Waals surface area contributed by atoms with Gasteiger partial charge < -0.3 is 0 Å². The van der Waals surface area contributed by atoms with Gasteiger partial charge in [0.05, 0.1) is 5.39 Å². The highest BCUT2D eigenvalue weighted by molar-refractivity contribution is 6.04. The molecule has 1 amide bonds. The van der Waals surface area contributed by atoms with Gasteiger partial charge in [0.2, 0.25) is 0 Å². The van der Waals surface area contributed by atoms with Crippen LogP contribution in [0.4, 0.5) is 0 Å². The fourth-order valence-corrected chi connectivity index (χ4v) is 2.67. The summed E-state index contributed by atoms with van der Waals surface area (Å²) in [5.74, 6) is -0.0652. The average molecular weight is 310 g/mol. The Morgan fingerprint density at radius 3 is 2.87 bits per heavy atom. The molecule has 23 heavy (non-hydrogen) atoms. The zero-order chi connectivity index (χ0) is 16.2. The summed E-state index contributed by atoms with van der Waals surface area (Å²) < 4.78 is 1.17. The van der Waals surface area contributed by atoms with Crippen LogP contribution in [-0.2, 0) is 7.05 Å². The van der Waals surface area contributed by atoms with Gasteiger partial charge in [-0.05, 0) is 31.2 Å². The van der Waals surface area contributed by atoms with Gasteiger partial charge in [0.25, 0.3) is 11.5 Å². The van der Waals surface area contributed by atoms with E-state index < -0.39 is 5.91 Å². The van der Waals surface area contributed by atoms with Gasteiger partial charge >= 0.3 is 0 Å². The normalized spacial score (nSPS) is 17.7. The number of amides is 1. The highest BCUT2D eigenvalue weighted by atomic mass is 16.2. The first-order valence-electron chi connectivity index (χ1n) is 7.61. The predicted molar refractivity (Wildman–Crippen MR) is 89.4 cm³/mol. The van der Waals surface area contributed by atoms with Crippen molar-refractivity contribution in [3.05, 3.63) is 52.5 Å². The molecule has 0 spiro atoms. The fraction of sp³-hybridized carbons (Fsp3) is 0.294. The molecule has 118 valence electrons. The van der Waals surface area contributed by atoms with Gasteiger partial charge in [-0.3, -0.25) is 9.59 Å². The van der Waals surface area contributed by atoms with Crippen molar-refractivity contribution in [2.24, 2.45) is 18.1 Å². The molecule has 1 aliphatic carbocycles. The third-order valence-corrected chi connectivity index (χ3v) is 3.93. The second-order valence-electron chi connectivity index (χ2n) is 5.59.